The fourth-order valence-corrected chi connectivity index (χ4v) is 3.28. The molecule has 3 aromatic rings. The third kappa shape index (κ3) is 3.59. The maximum absolute atomic E-state index is 12.9. The van der Waals surface area contributed by atoms with Gasteiger partial charge in [-0.3, -0.25) is 9.78 Å². The Morgan fingerprint density at radius 3 is 2.85 bits per heavy atom. The van der Waals surface area contributed by atoms with Crippen LogP contribution in [0.25, 0.3) is 0 Å². The van der Waals surface area contributed by atoms with E-state index in [1.807, 2.05) is 25.1 Å². The molecule has 136 valence electrons. The van der Waals surface area contributed by atoms with Crippen LogP contribution in [0.3, 0.4) is 0 Å². The van der Waals surface area contributed by atoms with Gasteiger partial charge in [0.1, 0.15) is 23.5 Å². The molecule has 3 aromatic heterocycles. The van der Waals surface area contributed by atoms with Gasteiger partial charge in [0.25, 0.3) is 5.91 Å². The van der Waals surface area contributed by atoms with Crippen LogP contribution >= 0.6 is 0 Å². The molecule has 8 heteroatoms. The van der Waals surface area contributed by atoms with Gasteiger partial charge in [0.05, 0.1) is 6.04 Å². The number of nitrogens with one attached hydrogen (secondary N) is 1. The molecule has 0 spiro atoms. The van der Waals surface area contributed by atoms with Crippen molar-refractivity contribution in [1.29, 1.82) is 0 Å². The van der Waals surface area contributed by atoms with Crippen LogP contribution in [-0.4, -0.2) is 42.3 Å². The first-order valence-corrected chi connectivity index (χ1v) is 8.81. The number of hydrogen-bond acceptors (Lipinski definition) is 7. The first-order valence-electron chi connectivity index (χ1n) is 8.81. The minimum Gasteiger partial charge on any atom is -0.329 e. The predicted octanol–water partition coefficient (Wildman–Crippen LogP) is 2.69. The zero-order valence-electron chi connectivity index (χ0n) is 14.9. The van der Waals surface area contributed by atoms with Crippen LogP contribution in [0.5, 0.6) is 0 Å². The van der Waals surface area contributed by atoms with E-state index in [0.717, 1.165) is 24.2 Å². The molecular formula is C19H19N7O. The van der Waals surface area contributed by atoms with Gasteiger partial charge in [-0.1, -0.05) is 6.07 Å². The SMILES string of the molecule is Cc1cccc(Nc2nccnc2[C@H]2CCCN2C(=O)c2ccncn2)n1. The largest absolute Gasteiger partial charge is 0.329 e. The smallest absolute Gasteiger partial charge is 0.273 e. The summed E-state index contributed by atoms with van der Waals surface area (Å²) in [6.07, 6.45) is 7.97. The van der Waals surface area contributed by atoms with Gasteiger partial charge >= 0.3 is 0 Å². The highest BCUT2D eigenvalue weighted by atomic mass is 16.2. The number of aryl methyl sites for hydroxylation is 1. The molecule has 0 saturated carbocycles. The monoisotopic (exact) mass is 361 g/mol. The molecule has 1 amide bonds. The van der Waals surface area contributed by atoms with Crippen molar-refractivity contribution in [3.63, 3.8) is 0 Å². The Labute approximate surface area is 156 Å². The van der Waals surface area contributed by atoms with Crippen molar-refractivity contribution in [2.45, 2.75) is 25.8 Å². The van der Waals surface area contributed by atoms with E-state index in [-0.39, 0.29) is 11.9 Å². The lowest BCUT2D eigenvalue weighted by atomic mass is 10.1. The molecule has 0 radical (unpaired) electrons. The van der Waals surface area contributed by atoms with Crippen molar-refractivity contribution < 1.29 is 4.79 Å². The molecule has 4 rings (SSSR count). The lowest BCUT2D eigenvalue weighted by molar-refractivity contribution is 0.0727. The van der Waals surface area contributed by atoms with Gasteiger partial charge in [0, 0.05) is 30.8 Å². The van der Waals surface area contributed by atoms with Crippen molar-refractivity contribution >= 4 is 17.5 Å². The van der Waals surface area contributed by atoms with Crippen LogP contribution in [0, 0.1) is 6.92 Å². The summed E-state index contributed by atoms with van der Waals surface area (Å²) in [5.41, 5.74) is 2.03. The predicted molar refractivity (Wildman–Crippen MR) is 99.3 cm³/mol. The maximum atomic E-state index is 12.9. The molecule has 1 aliphatic heterocycles. The summed E-state index contributed by atoms with van der Waals surface area (Å²) in [6, 6.07) is 7.21. The Kier molecular flexibility index (Phi) is 4.69. The van der Waals surface area contributed by atoms with Gasteiger partial charge in [-0.15, -0.1) is 0 Å². The van der Waals surface area contributed by atoms with Crippen molar-refractivity contribution in [2.75, 3.05) is 11.9 Å². The summed E-state index contributed by atoms with van der Waals surface area (Å²) in [7, 11) is 0. The van der Waals surface area contributed by atoms with E-state index < -0.39 is 0 Å². The number of carbonyl (C=O) groups excluding carboxylic acids is 1. The van der Waals surface area contributed by atoms with E-state index in [2.05, 4.69) is 30.2 Å². The summed E-state index contributed by atoms with van der Waals surface area (Å²) < 4.78 is 0. The summed E-state index contributed by atoms with van der Waals surface area (Å²) in [5, 5.41) is 3.24. The van der Waals surface area contributed by atoms with E-state index in [1.54, 1.807) is 29.6 Å². The van der Waals surface area contributed by atoms with Crippen LogP contribution in [0.15, 0.2) is 49.2 Å². The molecule has 1 N–H and O–H groups in total. The molecule has 1 fully saturated rings. The third-order valence-corrected chi connectivity index (χ3v) is 4.49. The molecule has 27 heavy (non-hydrogen) atoms. The zero-order valence-corrected chi connectivity index (χ0v) is 14.9. The van der Waals surface area contributed by atoms with Crippen LogP contribution in [-0.2, 0) is 0 Å². The number of amides is 1. The Hall–Kier alpha value is -3.42. The second-order valence-electron chi connectivity index (χ2n) is 6.33. The molecular weight excluding hydrogens is 342 g/mol. The Bertz CT molecular complexity index is 948. The minimum atomic E-state index is -0.159. The first-order chi connectivity index (χ1) is 13.2. The van der Waals surface area contributed by atoms with E-state index in [4.69, 9.17) is 0 Å². The molecule has 8 nitrogen and oxygen atoms in total. The normalized spacial score (nSPS) is 16.3. The number of nitrogens with zero attached hydrogens (tertiary/aromatic N) is 6. The highest BCUT2D eigenvalue weighted by Gasteiger charge is 2.34. The number of rotatable bonds is 4. The summed E-state index contributed by atoms with van der Waals surface area (Å²) >= 11 is 0. The van der Waals surface area contributed by atoms with Gasteiger partial charge in [0.15, 0.2) is 5.82 Å². The van der Waals surface area contributed by atoms with Crippen LogP contribution < -0.4 is 5.32 Å². The van der Waals surface area contributed by atoms with E-state index in [1.165, 1.54) is 6.33 Å². The quantitative estimate of drug-likeness (QED) is 0.763. The van der Waals surface area contributed by atoms with Gasteiger partial charge in [-0.25, -0.2) is 19.9 Å². The van der Waals surface area contributed by atoms with Gasteiger partial charge < -0.3 is 10.2 Å². The van der Waals surface area contributed by atoms with Crippen LogP contribution in [0.2, 0.25) is 0 Å². The number of anilines is 2. The van der Waals surface area contributed by atoms with Crippen molar-refractivity contribution in [1.82, 2.24) is 29.8 Å². The van der Waals surface area contributed by atoms with Crippen molar-refractivity contribution in [3.05, 3.63) is 66.3 Å². The zero-order chi connectivity index (χ0) is 18.6. The number of pyridine rings is 1. The molecule has 1 saturated heterocycles. The van der Waals surface area contributed by atoms with E-state index in [0.29, 0.717) is 23.9 Å². The Morgan fingerprint density at radius 1 is 1.15 bits per heavy atom. The topological polar surface area (TPSA) is 96.8 Å². The second-order valence-corrected chi connectivity index (χ2v) is 6.33. The first kappa shape index (κ1) is 17.0. The average Bonchev–Trinajstić information content (AvgIpc) is 3.18. The summed E-state index contributed by atoms with van der Waals surface area (Å²) in [5.74, 6) is 1.19. The van der Waals surface area contributed by atoms with Crippen molar-refractivity contribution in [3.8, 4) is 0 Å². The second kappa shape index (κ2) is 7.45. The highest BCUT2D eigenvalue weighted by Crippen LogP contribution is 2.35. The minimum absolute atomic E-state index is 0.120. The van der Waals surface area contributed by atoms with E-state index in [9.17, 15) is 4.79 Å². The molecule has 0 aromatic carbocycles. The molecule has 1 aliphatic rings. The number of aromatic nitrogens is 5. The summed E-state index contributed by atoms with van der Waals surface area (Å²) in [4.78, 5) is 36.1. The molecule has 4 heterocycles. The molecule has 0 bridgehead atoms. The maximum Gasteiger partial charge on any atom is 0.273 e. The lowest BCUT2D eigenvalue weighted by Gasteiger charge is -2.25. The van der Waals surface area contributed by atoms with E-state index >= 15 is 0 Å². The average molecular weight is 361 g/mol. The number of likely N-dealkylation sites (tertiary alicyclic amines) is 1. The van der Waals surface area contributed by atoms with Crippen molar-refractivity contribution in [2.24, 2.45) is 0 Å². The lowest BCUT2D eigenvalue weighted by Crippen LogP contribution is -2.32. The number of hydrogen-bond donors (Lipinski definition) is 1. The third-order valence-electron chi connectivity index (χ3n) is 4.49. The Balaban J connectivity index is 1.63. The van der Waals surface area contributed by atoms with Gasteiger partial charge in [-0.05, 0) is 38.0 Å². The van der Waals surface area contributed by atoms with Gasteiger partial charge in [-0.2, -0.15) is 0 Å². The molecule has 0 unspecified atom stereocenters. The summed E-state index contributed by atoms with van der Waals surface area (Å²) in [6.45, 7) is 2.59. The highest BCUT2D eigenvalue weighted by molar-refractivity contribution is 5.92. The molecule has 1 atom stereocenters. The fourth-order valence-electron chi connectivity index (χ4n) is 3.28. The molecule has 0 aliphatic carbocycles. The standard InChI is InChI=1S/C19H19N7O/c1-13-4-2-6-16(24-13)25-18-17(21-9-10-22-18)15-5-3-11-26(15)19(27)14-7-8-20-12-23-14/h2,4,6-10,12,15H,3,5,11H2,1H3,(H,22,24,25)/t15-/m1/s1. The fraction of sp³-hybridized carbons (Fsp3) is 0.263. The van der Waals surface area contributed by atoms with Crippen LogP contribution in [0.4, 0.5) is 11.6 Å². The number of carbonyl (C=O) groups is 1. The van der Waals surface area contributed by atoms with Crippen LogP contribution in [0.1, 0.15) is 40.8 Å². The van der Waals surface area contributed by atoms with Gasteiger partial charge in [0.2, 0.25) is 0 Å². The Morgan fingerprint density at radius 2 is 2.04 bits per heavy atom.